The number of aromatic nitrogens is 1. The summed E-state index contributed by atoms with van der Waals surface area (Å²) in [7, 11) is 0. The molecule has 0 fully saturated rings. The lowest BCUT2D eigenvalue weighted by Gasteiger charge is -1.97. The summed E-state index contributed by atoms with van der Waals surface area (Å²) in [6.45, 7) is 3.85. The highest BCUT2D eigenvalue weighted by Crippen LogP contribution is 2.26. The van der Waals surface area contributed by atoms with E-state index in [9.17, 15) is 0 Å². The zero-order valence-electron chi connectivity index (χ0n) is 8.24. The standard InChI is InChI=1S/C11H12N2O/c1-7-3-5-9(6-4-7)11-10(12)8(2)14-13-11/h3-6H,12H2,1-2H3. The molecule has 14 heavy (non-hydrogen) atoms. The van der Waals surface area contributed by atoms with Crippen molar-refractivity contribution in [3.63, 3.8) is 0 Å². The van der Waals surface area contributed by atoms with Crippen molar-refractivity contribution in [1.82, 2.24) is 5.16 Å². The van der Waals surface area contributed by atoms with Crippen molar-refractivity contribution >= 4 is 5.69 Å². The Morgan fingerprint density at radius 3 is 2.29 bits per heavy atom. The van der Waals surface area contributed by atoms with Gasteiger partial charge in [0.1, 0.15) is 11.4 Å². The molecule has 2 rings (SSSR count). The van der Waals surface area contributed by atoms with Crippen molar-refractivity contribution in [3.8, 4) is 11.3 Å². The molecule has 0 bridgehead atoms. The van der Waals surface area contributed by atoms with Crippen LogP contribution < -0.4 is 5.73 Å². The highest BCUT2D eigenvalue weighted by atomic mass is 16.5. The quantitative estimate of drug-likeness (QED) is 0.748. The summed E-state index contributed by atoms with van der Waals surface area (Å²) >= 11 is 0. The first kappa shape index (κ1) is 8.81. The van der Waals surface area contributed by atoms with Crippen molar-refractivity contribution in [3.05, 3.63) is 35.6 Å². The number of nitrogens with zero attached hydrogens (tertiary/aromatic N) is 1. The lowest BCUT2D eigenvalue weighted by molar-refractivity contribution is 0.400. The molecule has 3 nitrogen and oxygen atoms in total. The average Bonchev–Trinajstić information content (AvgIpc) is 2.50. The molecule has 3 heteroatoms. The van der Waals surface area contributed by atoms with Gasteiger partial charge in [0.25, 0.3) is 0 Å². The number of nitrogens with two attached hydrogens (primary N) is 1. The Kier molecular flexibility index (Phi) is 2.00. The van der Waals surface area contributed by atoms with Crippen molar-refractivity contribution in [2.75, 3.05) is 5.73 Å². The van der Waals surface area contributed by atoms with Crippen LogP contribution >= 0.6 is 0 Å². The summed E-state index contributed by atoms with van der Waals surface area (Å²) in [6, 6.07) is 8.03. The second-order valence-corrected chi connectivity index (χ2v) is 3.37. The Morgan fingerprint density at radius 2 is 1.79 bits per heavy atom. The summed E-state index contributed by atoms with van der Waals surface area (Å²) in [6.07, 6.45) is 0. The van der Waals surface area contributed by atoms with Gasteiger partial charge in [0.15, 0.2) is 5.76 Å². The van der Waals surface area contributed by atoms with Gasteiger partial charge >= 0.3 is 0 Å². The van der Waals surface area contributed by atoms with E-state index in [2.05, 4.69) is 5.16 Å². The van der Waals surface area contributed by atoms with Crippen LogP contribution in [0, 0.1) is 13.8 Å². The Bertz CT molecular complexity index is 443. The van der Waals surface area contributed by atoms with E-state index in [0.717, 1.165) is 11.3 Å². The van der Waals surface area contributed by atoms with Gasteiger partial charge in [0.2, 0.25) is 0 Å². The van der Waals surface area contributed by atoms with Gasteiger partial charge in [-0.1, -0.05) is 35.0 Å². The molecule has 0 unspecified atom stereocenters. The number of anilines is 1. The summed E-state index contributed by atoms with van der Waals surface area (Å²) in [4.78, 5) is 0. The maximum absolute atomic E-state index is 5.82. The van der Waals surface area contributed by atoms with E-state index in [1.54, 1.807) is 6.92 Å². The van der Waals surface area contributed by atoms with Crippen LogP contribution in [-0.4, -0.2) is 5.16 Å². The fourth-order valence-electron chi connectivity index (χ4n) is 1.30. The fourth-order valence-corrected chi connectivity index (χ4v) is 1.30. The first-order valence-electron chi connectivity index (χ1n) is 4.47. The minimum absolute atomic E-state index is 0.619. The first-order chi connectivity index (χ1) is 6.68. The van der Waals surface area contributed by atoms with Gasteiger partial charge in [-0.3, -0.25) is 0 Å². The SMILES string of the molecule is Cc1ccc(-c2noc(C)c2N)cc1. The molecule has 0 spiro atoms. The van der Waals surface area contributed by atoms with Gasteiger partial charge in [-0.05, 0) is 13.8 Å². The van der Waals surface area contributed by atoms with E-state index in [1.807, 2.05) is 31.2 Å². The van der Waals surface area contributed by atoms with Crippen LogP contribution in [0.15, 0.2) is 28.8 Å². The van der Waals surface area contributed by atoms with Crippen LogP contribution in [0.3, 0.4) is 0 Å². The Balaban J connectivity index is 2.49. The van der Waals surface area contributed by atoms with Gasteiger partial charge in [-0.25, -0.2) is 0 Å². The van der Waals surface area contributed by atoms with Crippen LogP contribution in [-0.2, 0) is 0 Å². The maximum Gasteiger partial charge on any atom is 0.157 e. The van der Waals surface area contributed by atoms with Crippen LogP contribution in [0.4, 0.5) is 5.69 Å². The molecule has 0 saturated heterocycles. The summed E-state index contributed by atoms with van der Waals surface area (Å²) in [5, 5.41) is 3.92. The second kappa shape index (κ2) is 3.18. The van der Waals surface area contributed by atoms with Gasteiger partial charge in [0.05, 0.1) is 0 Å². The number of hydrogen-bond donors (Lipinski definition) is 1. The molecule has 0 atom stereocenters. The lowest BCUT2D eigenvalue weighted by Crippen LogP contribution is -1.88. The molecule has 1 aromatic heterocycles. The third kappa shape index (κ3) is 1.37. The van der Waals surface area contributed by atoms with Gasteiger partial charge in [-0.2, -0.15) is 0 Å². The molecule has 1 aromatic carbocycles. The molecular weight excluding hydrogens is 176 g/mol. The molecule has 0 radical (unpaired) electrons. The number of hydrogen-bond acceptors (Lipinski definition) is 3. The van der Waals surface area contributed by atoms with E-state index in [4.69, 9.17) is 10.3 Å². The van der Waals surface area contributed by atoms with Crippen LogP contribution in [0.1, 0.15) is 11.3 Å². The molecule has 0 saturated carbocycles. The van der Waals surface area contributed by atoms with E-state index in [1.165, 1.54) is 5.56 Å². The zero-order valence-corrected chi connectivity index (χ0v) is 8.24. The molecule has 0 aliphatic carbocycles. The second-order valence-electron chi connectivity index (χ2n) is 3.37. The number of rotatable bonds is 1. The normalized spacial score (nSPS) is 10.4. The van der Waals surface area contributed by atoms with Crippen molar-refractivity contribution in [1.29, 1.82) is 0 Å². The molecular formula is C11H12N2O. The molecule has 0 aliphatic rings. The van der Waals surface area contributed by atoms with Crippen molar-refractivity contribution in [2.24, 2.45) is 0 Å². The number of aryl methyl sites for hydroxylation is 2. The monoisotopic (exact) mass is 188 g/mol. The van der Waals surface area contributed by atoms with Gasteiger partial charge < -0.3 is 10.3 Å². The molecule has 1 heterocycles. The van der Waals surface area contributed by atoms with Gasteiger partial charge in [0, 0.05) is 5.56 Å². The van der Waals surface area contributed by atoms with Gasteiger partial charge in [-0.15, -0.1) is 0 Å². The Morgan fingerprint density at radius 1 is 1.14 bits per heavy atom. The Hall–Kier alpha value is -1.77. The molecule has 0 aliphatic heterocycles. The van der Waals surface area contributed by atoms with Crippen LogP contribution in [0.2, 0.25) is 0 Å². The summed E-state index contributed by atoms with van der Waals surface area (Å²) < 4.78 is 5.00. The molecule has 72 valence electrons. The smallest absolute Gasteiger partial charge is 0.157 e. The van der Waals surface area contributed by atoms with E-state index in [-0.39, 0.29) is 0 Å². The predicted molar refractivity (Wildman–Crippen MR) is 55.8 cm³/mol. The van der Waals surface area contributed by atoms with Crippen LogP contribution in [0.5, 0.6) is 0 Å². The van der Waals surface area contributed by atoms with E-state index >= 15 is 0 Å². The predicted octanol–water partition coefficient (Wildman–Crippen LogP) is 2.54. The summed E-state index contributed by atoms with van der Waals surface area (Å²) in [5.41, 5.74) is 9.37. The van der Waals surface area contributed by atoms with Crippen molar-refractivity contribution in [2.45, 2.75) is 13.8 Å². The van der Waals surface area contributed by atoms with Crippen molar-refractivity contribution < 1.29 is 4.52 Å². The fraction of sp³-hybridized carbons (Fsp3) is 0.182. The minimum atomic E-state index is 0.619. The Labute approximate surface area is 82.5 Å². The zero-order chi connectivity index (χ0) is 10.1. The summed E-state index contributed by atoms with van der Waals surface area (Å²) in [5.74, 6) is 0.667. The number of benzene rings is 1. The average molecular weight is 188 g/mol. The molecule has 2 N–H and O–H groups in total. The molecule has 0 amide bonds. The topological polar surface area (TPSA) is 52.0 Å². The first-order valence-corrected chi connectivity index (χ1v) is 4.47. The van der Waals surface area contributed by atoms with E-state index < -0.39 is 0 Å². The highest BCUT2D eigenvalue weighted by Gasteiger charge is 2.10. The third-order valence-electron chi connectivity index (χ3n) is 2.23. The lowest BCUT2D eigenvalue weighted by atomic mass is 10.1. The van der Waals surface area contributed by atoms with Crippen LogP contribution in [0.25, 0.3) is 11.3 Å². The third-order valence-corrected chi connectivity index (χ3v) is 2.23. The highest BCUT2D eigenvalue weighted by molar-refractivity contribution is 5.73. The maximum atomic E-state index is 5.82. The van der Waals surface area contributed by atoms with E-state index in [0.29, 0.717) is 11.4 Å². The molecule has 2 aromatic rings. The number of nitrogen functional groups attached to an aromatic ring is 1. The minimum Gasteiger partial charge on any atom is -0.394 e. The largest absolute Gasteiger partial charge is 0.394 e.